The second kappa shape index (κ2) is 6.52. The van der Waals surface area contributed by atoms with Crippen LogP contribution >= 0.6 is 0 Å². The highest BCUT2D eigenvalue weighted by Crippen LogP contribution is 2.22. The molecule has 0 atom stereocenters. The molecule has 0 aliphatic rings. The van der Waals surface area contributed by atoms with Crippen molar-refractivity contribution in [1.29, 1.82) is 0 Å². The van der Waals surface area contributed by atoms with Crippen molar-refractivity contribution in [3.8, 4) is 5.69 Å². The molecule has 0 saturated carbocycles. The first-order chi connectivity index (χ1) is 12.0. The summed E-state index contributed by atoms with van der Waals surface area (Å²) in [5, 5.41) is 21.7. The molecule has 0 bridgehead atoms. The topological polar surface area (TPSA) is 106 Å². The van der Waals surface area contributed by atoms with Crippen molar-refractivity contribution in [2.75, 3.05) is 0 Å². The van der Waals surface area contributed by atoms with E-state index in [-0.39, 0.29) is 16.9 Å². The summed E-state index contributed by atoms with van der Waals surface area (Å²) in [5.74, 6) is 0. The normalized spacial score (nSPS) is 11.1. The minimum atomic E-state index is -0.509. The Kier molecular flexibility index (Phi) is 4.25. The van der Waals surface area contributed by atoms with Gasteiger partial charge in [-0.25, -0.2) is 4.68 Å². The molecule has 0 saturated heterocycles. The van der Waals surface area contributed by atoms with Crippen molar-refractivity contribution >= 4 is 17.1 Å². The van der Waals surface area contributed by atoms with Crippen molar-refractivity contribution in [2.45, 2.75) is 13.8 Å². The van der Waals surface area contributed by atoms with Crippen LogP contribution in [0.15, 0.2) is 63.6 Å². The number of aryl methyl sites for hydroxylation is 2. The molecule has 1 N–H and O–H groups in total. The van der Waals surface area contributed by atoms with E-state index in [0.29, 0.717) is 17.1 Å². The molecule has 0 fully saturated rings. The number of benzene rings is 2. The molecule has 25 heavy (non-hydrogen) atoms. The van der Waals surface area contributed by atoms with E-state index in [9.17, 15) is 14.9 Å². The van der Waals surface area contributed by atoms with Crippen molar-refractivity contribution in [3.63, 3.8) is 0 Å². The highest BCUT2D eigenvalue weighted by atomic mass is 16.6. The first-order valence-electron chi connectivity index (χ1n) is 7.50. The van der Waals surface area contributed by atoms with Gasteiger partial charge in [0.25, 0.3) is 11.2 Å². The molecule has 0 amide bonds. The predicted molar refractivity (Wildman–Crippen MR) is 93.1 cm³/mol. The van der Waals surface area contributed by atoms with Crippen LogP contribution in [0.4, 0.5) is 17.1 Å². The van der Waals surface area contributed by atoms with Gasteiger partial charge in [0.05, 0.1) is 22.0 Å². The third-order valence-electron chi connectivity index (χ3n) is 3.64. The number of nitro groups is 1. The number of hydrogen-bond acceptors (Lipinski definition) is 5. The molecule has 3 aromatic rings. The van der Waals surface area contributed by atoms with E-state index < -0.39 is 4.92 Å². The lowest BCUT2D eigenvalue weighted by molar-refractivity contribution is -0.384. The lowest BCUT2D eigenvalue weighted by Gasteiger charge is -2.01. The molecule has 0 radical (unpaired) electrons. The molecular weight excluding hydrogens is 322 g/mol. The summed E-state index contributed by atoms with van der Waals surface area (Å²) in [6.45, 7) is 3.68. The van der Waals surface area contributed by atoms with Gasteiger partial charge in [-0.05, 0) is 32.0 Å². The largest absolute Gasteiger partial charge is 0.299 e. The van der Waals surface area contributed by atoms with Crippen LogP contribution in [0.25, 0.3) is 5.69 Å². The molecule has 1 aromatic heterocycles. The van der Waals surface area contributed by atoms with E-state index in [2.05, 4.69) is 15.3 Å². The van der Waals surface area contributed by atoms with Crippen LogP contribution in [0.5, 0.6) is 0 Å². The Balaban J connectivity index is 1.96. The monoisotopic (exact) mass is 337 g/mol. The van der Waals surface area contributed by atoms with E-state index in [4.69, 9.17) is 0 Å². The van der Waals surface area contributed by atoms with Gasteiger partial charge in [-0.2, -0.15) is 5.11 Å². The van der Waals surface area contributed by atoms with Gasteiger partial charge >= 0.3 is 0 Å². The molecule has 8 nitrogen and oxygen atoms in total. The highest BCUT2D eigenvalue weighted by Gasteiger charge is 2.12. The number of non-ortho nitro benzene ring substituents is 1. The summed E-state index contributed by atoms with van der Waals surface area (Å²) < 4.78 is 1.39. The lowest BCUT2D eigenvalue weighted by Crippen LogP contribution is -2.13. The number of rotatable bonds is 4. The van der Waals surface area contributed by atoms with Crippen LogP contribution in [0.1, 0.15) is 11.3 Å². The Hall–Kier alpha value is -3.55. The Morgan fingerprint density at radius 3 is 2.48 bits per heavy atom. The van der Waals surface area contributed by atoms with Gasteiger partial charge in [-0.15, -0.1) is 5.11 Å². The van der Waals surface area contributed by atoms with Crippen LogP contribution in [-0.2, 0) is 0 Å². The van der Waals surface area contributed by atoms with E-state index in [1.807, 2.05) is 31.2 Å². The Bertz CT molecular complexity index is 1020. The van der Waals surface area contributed by atoms with Crippen LogP contribution in [0.2, 0.25) is 0 Å². The maximum atomic E-state index is 12.5. The molecule has 3 rings (SSSR count). The Labute approximate surface area is 142 Å². The Morgan fingerprint density at radius 1 is 1.08 bits per heavy atom. The van der Waals surface area contributed by atoms with Crippen molar-refractivity contribution in [1.82, 2.24) is 9.78 Å². The number of nitrogens with zero attached hydrogens (tertiary/aromatic N) is 4. The van der Waals surface area contributed by atoms with Gasteiger partial charge < -0.3 is 0 Å². The van der Waals surface area contributed by atoms with Gasteiger partial charge in [0.15, 0.2) is 5.69 Å². The average Bonchev–Trinajstić information content (AvgIpc) is 2.88. The maximum Gasteiger partial charge on any atom is 0.299 e. The summed E-state index contributed by atoms with van der Waals surface area (Å²) in [5.41, 5.74) is 2.37. The number of aromatic nitrogens is 2. The molecule has 126 valence electrons. The quantitative estimate of drug-likeness (QED) is 0.440. The van der Waals surface area contributed by atoms with E-state index in [1.54, 1.807) is 13.0 Å². The molecule has 0 aliphatic heterocycles. The molecule has 8 heteroatoms. The third kappa shape index (κ3) is 3.37. The second-order valence-corrected chi connectivity index (χ2v) is 5.54. The second-order valence-electron chi connectivity index (χ2n) is 5.54. The van der Waals surface area contributed by atoms with Gasteiger partial charge in [0.2, 0.25) is 0 Å². The third-order valence-corrected chi connectivity index (χ3v) is 3.64. The maximum absolute atomic E-state index is 12.5. The minimum Gasteiger partial charge on any atom is -0.293 e. The molecule has 0 spiro atoms. The standard InChI is InChI=1S/C17H15N5O3/c1-11-6-8-14(9-7-11)21-17(23)16(12(2)20-21)19-18-13-4-3-5-15(10-13)22(24)25/h3-10,20H,1-2H3. The lowest BCUT2D eigenvalue weighted by atomic mass is 10.2. The number of aromatic amines is 1. The minimum absolute atomic E-state index is 0.0840. The summed E-state index contributed by atoms with van der Waals surface area (Å²) in [6.07, 6.45) is 0. The smallest absolute Gasteiger partial charge is 0.293 e. The number of hydrogen-bond donors (Lipinski definition) is 1. The summed E-state index contributed by atoms with van der Waals surface area (Å²) in [7, 11) is 0. The van der Waals surface area contributed by atoms with Crippen LogP contribution in [-0.4, -0.2) is 14.7 Å². The van der Waals surface area contributed by atoms with E-state index in [0.717, 1.165) is 5.56 Å². The van der Waals surface area contributed by atoms with Crippen LogP contribution < -0.4 is 5.56 Å². The summed E-state index contributed by atoms with van der Waals surface area (Å²) in [4.78, 5) is 22.8. The van der Waals surface area contributed by atoms with Gasteiger partial charge in [0.1, 0.15) is 0 Å². The first-order valence-corrected chi connectivity index (χ1v) is 7.50. The molecule has 1 heterocycles. The van der Waals surface area contributed by atoms with Crippen LogP contribution in [0, 0.1) is 24.0 Å². The average molecular weight is 337 g/mol. The fraction of sp³-hybridized carbons (Fsp3) is 0.118. The predicted octanol–water partition coefficient (Wildman–Crippen LogP) is 4.11. The van der Waals surface area contributed by atoms with Crippen molar-refractivity contribution < 1.29 is 4.92 Å². The summed E-state index contributed by atoms with van der Waals surface area (Å²) >= 11 is 0. The molecule has 0 unspecified atom stereocenters. The van der Waals surface area contributed by atoms with Gasteiger partial charge in [-0.3, -0.25) is 20.0 Å². The number of H-pyrrole nitrogens is 1. The highest BCUT2D eigenvalue weighted by molar-refractivity contribution is 5.48. The fourth-order valence-electron chi connectivity index (χ4n) is 2.31. The number of nitrogens with one attached hydrogen (secondary N) is 1. The van der Waals surface area contributed by atoms with E-state index >= 15 is 0 Å². The zero-order valence-corrected chi connectivity index (χ0v) is 13.6. The summed E-state index contributed by atoms with van der Waals surface area (Å²) in [6, 6.07) is 13.2. The van der Waals surface area contributed by atoms with Crippen LogP contribution in [0.3, 0.4) is 0 Å². The number of azo groups is 1. The molecule has 0 aliphatic carbocycles. The van der Waals surface area contributed by atoms with Gasteiger partial charge in [0, 0.05) is 12.1 Å². The van der Waals surface area contributed by atoms with Crippen molar-refractivity contribution in [2.24, 2.45) is 10.2 Å². The number of nitro benzene ring substituents is 1. The molecule has 2 aromatic carbocycles. The zero-order chi connectivity index (χ0) is 18.0. The first kappa shape index (κ1) is 16.3. The van der Waals surface area contributed by atoms with Gasteiger partial charge in [-0.1, -0.05) is 23.8 Å². The SMILES string of the molecule is Cc1ccc(-n2[nH]c(C)c(N=Nc3cccc([N+](=O)[O-])c3)c2=O)cc1. The van der Waals surface area contributed by atoms with Crippen molar-refractivity contribution in [3.05, 3.63) is 80.3 Å². The van der Waals surface area contributed by atoms with E-state index in [1.165, 1.54) is 22.9 Å². The zero-order valence-electron chi connectivity index (χ0n) is 13.6. The Morgan fingerprint density at radius 2 is 1.80 bits per heavy atom. The molecular formula is C17H15N5O3. The fourth-order valence-corrected chi connectivity index (χ4v) is 2.31.